The number of ether oxygens (including phenoxy) is 9. The number of carbonyl (C=O) groups is 8. The topological polar surface area (TPSA) is 488 Å². The number of carbonyl (C=O) groups excluding carboxylic acids is 8. The maximum absolute atomic E-state index is 14.0. The number of nitrogens with one attached hydrogen (secondary N) is 5. The molecule has 1 aliphatic carbocycles. The van der Waals surface area contributed by atoms with Gasteiger partial charge in [-0.2, -0.15) is 0 Å². The van der Waals surface area contributed by atoms with Crippen molar-refractivity contribution in [3.8, 4) is 0 Å². The van der Waals surface area contributed by atoms with Crippen molar-refractivity contribution >= 4 is 54.3 Å². The van der Waals surface area contributed by atoms with E-state index in [9.17, 15) is 88.9 Å². The lowest BCUT2D eigenvalue weighted by molar-refractivity contribution is -0.272. The van der Waals surface area contributed by atoms with E-state index in [0.717, 1.165) is 0 Å². The van der Waals surface area contributed by atoms with Crippen molar-refractivity contribution in [3.63, 3.8) is 0 Å². The van der Waals surface area contributed by atoms with Crippen LogP contribution in [0.4, 0.5) is 0 Å². The van der Waals surface area contributed by atoms with Gasteiger partial charge in [-0.3, -0.25) is 42.9 Å². The first kappa shape index (κ1) is 82.3. The number of rotatable bonds is 44. The first-order valence-electron chi connectivity index (χ1n) is 32.3. The van der Waals surface area contributed by atoms with Gasteiger partial charge in [-0.15, -0.1) is 0 Å². The van der Waals surface area contributed by atoms with Crippen molar-refractivity contribution in [3.05, 3.63) is 0 Å². The Labute approximate surface area is 547 Å². The lowest BCUT2D eigenvalue weighted by Gasteiger charge is -2.42. The summed E-state index contributed by atoms with van der Waals surface area (Å²) in [7, 11) is -2.90. The highest BCUT2D eigenvalue weighted by atomic mass is 31.2. The van der Waals surface area contributed by atoms with E-state index in [2.05, 4.69) is 26.6 Å². The molecule has 3 aliphatic heterocycles. The second-order valence-corrected chi connectivity index (χ2v) is 27.4. The third-order valence-corrected chi connectivity index (χ3v) is 19.2. The van der Waals surface area contributed by atoms with E-state index in [1.165, 1.54) is 20.8 Å². The van der Waals surface area contributed by atoms with Gasteiger partial charge in [0, 0.05) is 90.9 Å². The van der Waals surface area contributed by atoms with Gasteiger partial charge in [0.05, 0.1) is 77.6 Å². The summed E-state index contributed by atoms with van der Waals surface area (Å²) in [4.78, 5) is 104. The van der Waals surface area contributed by atoms with Crippen molar-refractivity contribution in [1.82, 2.24) is 26.6 Å². The molecule has 18 atom stereocenters. The zero-order valence-electron chi connectivity index (χ0n) is 54.7. The molecule has 0 aromatic heterocycles. The molecule has 0 spiro atoms. The number of aliphatic hydroxyl groups is 9. The van der Waals surface area contributed by atoms with E-state index in [-0.39, 0.29) is 141 Å². The Kier molecular flexibility index (Phi) is 37.3. The fourth-order valence-corrected chi connectivity index (χ4v) is 12.0. The fraction of sp³-hybridized carbons (Fsp3) is 0.867. The van der Waals surface area contributed by atoms with E-state index in [0.29, 0.717) is 25.7 Å². The Bertz CT molecular complexity index is 2390. The first-order valence-corrected chi connectivity index (χ1v) is 34.5. The number of aliphatic hydroxyl groups excluding tert-OH is 9. The largest absolute Gasteiger partial charge is 0.394 e. The van der Waals surface area contributed by atoms with E-state index in [4.69, 9.17) is 47.2 Å². The summed E-state index contributed by atoms with van der Waals surface area (Å²) in [5.74, 6) is -4.33. The summed E-state index contributed by atoms with van der Waals surface area (Å²) in [6.45, 7) is 6.59. The molecule has 5 amide bonds. The van der Waals surface area contributed by atoms with Crippen LogP contribution in [0.2, 0.25) is 0 Å². The molecule has 0 bridgehead atoms. The first-order chi connectivity index (χ1) is 44.6. The minimum atomic E-state index is -2.90. The molecule has 34 heteroatoms. The summed E-state index contributed by atoms with van der Waals surface area (Å²) >= 11 is 0. The molecular weight excluding hydrogens is 1270 g/mol. The number of hydrogen-bond donors (Lipinski definition) is 14. The van der Waals surface area contributed by atoms with Crippen LogP contribution in [0.5, 0.6) is 0 Å². The van der Waals surface area contributed by atoms with Gasteiger partial charge < -0.3 is 120 Å². The minimum absolute atomic E-state index is 0.00714. The molecule has 0 aromatic rings. The average Bonchev–Trinajstić information content (AvgIpc) is 0.828. The number of ketones is 3. The third kappa shape index (κ3) is 27.6. The minimum Gasteiger partial charge on any atom is -0.394 e. The predicted molar refractivity (Wildman–Crippen MR) is 327 cm³/mol. The molecule has 542 valence electrons. The van der Waals surface area contributed by atoms with Crippen LogP contribution < -0.4 is 26.6 Å². The van der Waals surface area contributed by atoms with Gasteiger partial charge in [0.25, 0.3) is 0 Å². The van der Waals surface area contributed by atoms with Crippen LogP contribution in [0.25, 0.3) is 0 Å². The van der Waals surface area contributed by atoms with Gasteiger partial charge in [-0.05, 0) is 57.8 Å². The lowest BCUT2D eigenvalue weighted by Crippen LogP contribution is -2.64. The number of amides is 5. The van der Waals surface area contributed by atoms with Crippen molar-refractivity contribution in [2.75, 3.05) is 85.9 Å². The molecule has 0 aromatic carbocycles. The maximum Gasteiger partial charge on any atom is 0.223 e. The summed E-state index contributed by atoms with van der Waals surface area (Å²) in [6.07, 6.45) is -15.4. The quantitative estimate of drug-likeness (QED) is 0.0207. The molecular formula is C60H104N5O28P. The van der Waals surface area contributed by atoms with Crippen molar-refractivity contribution < 1.29 is 136 Å². The van der Waals surface area contributed by atoms with Gasteiger partial charge in [-0.25, -0.2) is 0 Å². The van der Waals surface area contributed by atoms with Crippen molar-refractivity contribution in [2.45, 2.75) is 240 Å². The summed E-state index contributed by atoms with van der Waals surface area (Å²) in [6, 6.07) is -5.83. The Balaban J connectivity index is 1.37. The molecule has 3 saturated heterocycles. The Morgan fingerprint density at radius 2 is 0.840 bits per heavy atom. The van der Waals surface area contributed by atoms with Crippen LogP contribution in [0, 0.1) is 5.92 Å². The van der Waals surface area contributed by atoms with Crippen molar-refractivity contribution in [2.24, 2.45) is 5.92 Å². The predicted octanol–water partition coefficient (Wildman–Crippen LogP) is -3.61. The normalized spacial score (nSPS) is 30.1. The maximum atomic E-state index is 14.0. The van der Waals surface area contributed by atoms with E-state index in [1.807, 2.05) is 13.8 Å². The van der Waals surface area contributed by atoms with Crippen LogP contribution in [0.1, 0.15) is 125 Å². The van der Waals surface area contributed by atoms with Gasteiger partial charge >= 0.3 is 0 Å². The molecule has 3 heterocycles. The Morgan fingerprint density at radius 1 is 0.479 bits per heavy atom. The molecule has 0 radical (unpaired) electrons. The monoisotopic (exact) mass is 1370 g/mol. The van der Waals surface area contributed by atoms with E-state index in [1.54, 1.807) is 6.66 Å². The third-order valence-electron chi connectivity index (χ3n) is 16.6. The SMILES string of the molecule is CC(=O)NC1C(OCCOCCCC(=O)CCC(NC(=O)CCC(NC(=O)C2CCC(OP(C)(=O)C(C)C)CC2)C(=O)CCCOCCOC2OC(CO)C(O)C(O)C2NC(C)=O)C(=O)CCCOCCOC2OC(CO)C(O)C(O)C2NC(C)=O)OC(CO)C(O)C1O. The smallest absolute Gasteiger partial charge is 0.223 e. The second kappa shape index (κ2) is 42.6. The molecule has 18 unspecified atom stereocenters. The van der Waals surface area contributed by atoms with Crippen LogP contribution in [0.3, 0.4) is 0 Å². The van der Waals surface area contributed by atoms with Gasteiger partial charge in [-0.1, -0.05) is 13.8 Å². The fourth-order valence-electron chi connectivity index (χ4n) is 11.0. The zero-order valence-corrected chi connectivity index (χ0v) is 55.6. The second-order valence-electron chi connectivity index (χ2n) is 24.4. The van der Waals surface area contributed by atoms with E-state index >= 15 is 0 Å². The van der Waals surface area contributed by atoms with Crippen LogP contribution in [0.15, 0.2) is 0 Å². The standard InChI is InChI=1S/C60H104N5O28P/c1-33(2)94(6,83)93-39-16-13-37(14-17-39)57(82)65-41(43(74)12-9-23-86-26-29-89-60-50(63-36(5)71)56(81)53(78)46(32-68)92-60)19-20-47(75)64-40(42(73)11-8-22-85-25-28-88-59-49(62-35(4)70)55(80)52(77)45(31-67)91-59)18-15-38(72)10-7-21-84-24-27-87-58-48(61-34(3)69)54(79)51(76)44(30-66)90-58/h33,37,39-41,44-46,48-56,58-60,66-68,76-81H,7-32H2,1-6H3,(H,61,69)(H,62,70)(H,63,71)(H,64,75)(H,65,82). The number of Topliss-reactive ketones (excluding diaryl/α,β-unsaturated/α-hetero) is 3. The average molecular weight is 1370 g/mol. The molecule has 94 heavy (non-hydrogen) atoms. The molecule has 4 rings (SSSR count). The molecule has 33 nitrogen and oxygen atoms in total. The molecule has 4 aliphatic rings. The summed E-state index contributed by atoms with van der Waals surface area (Å²) in [5, 5.41) is 104. The highest BCUT2D eigenvalue weighted by molar-refractivity contribution is 7.58. The molecule has 14 N–H and O–H groups in total. The highest BCUT2D eigenvalue weighted by Gasteiger charge is 2.48. The molecule has 4 fully saturated rings. The van der Waals surface area contributed by atoms with Crippen LogP contribution in [-0.4, -0.2) is 295 Å². The lowest BCUT2D eigenvalue weighted by atomic mass is 9.86. The van der Waals surface area contributed by atoms with E-state index < -0.39 is 178 Å². The summed E-state index contributed by atoms with van der Waals surface area (Å²) in [5.41, 5.74) is -0.196. The highest BCUT2D eigenvalue weighted by Crippen LogP contribution is 2.50. The number of hydrogen-bond acceptors (Lipinski definition) is 28. The van der Waals surface area contributed by atoms with Gasteiger partial charge in [0.15, 0.2) is 30.4 Å². The zero-order chi connectivity index (χ0) is 69.7. The Hall–Kier alpha value is -4.17. The van der Waals surface area contributed by atoms with Gasteiger partial charge in [0.2, 0.25) is 36.9 Å². The van der Waals surface area contributed by atoms with Crippen LogP contribution in [-0.2, 0) is 90.1 Å². The summed E-state index contributed by atoms with van der Waals surface area (Å²) < 4.78 is 69.7. The van der Waals surface area contributed by atoms with Gasteiger partial charge in [0.1, 0.15) is 78.8 Å². The van der Waals surface area contributed by atoms with Crippen LogP contribution >= 0.6 is 7.37 Å². The molecule has 1 saturated carbocycles. The van der Waals surface area contributed by atoms with Crippen molar-refractivity contribution in [1.29, 1.82) is 0 Å². The Morgan fingerprint density at radius 3 is 1.20 bits per heavy atom.